The second-order valence-electron chi connectivity index (χ2n) is 4.35. The van der Waals surface area contributed by atoms with Crippen LogP contribution in [0.3, 0.4) is 0 Å². The highest BCUT2D eigenvalue weighted by Crippen LogP contribution is 2.34. The van der Waals surface area contributed by atoms with Crippen molar-refractivity contribution in [3.63, 3.8) is 0 Å². The molecule has 3 aromatic rings. The third-order valence-corrected chi connectivity index (χ3v) is 3.98. The first-order chi connectivity index (χ1) is 10.4. The van der Waals surface area contributed by atoms with E-state index in [0.29, 0.717) is 10.6 Å². The molecule has 0 fully saturated rings. The number of alkyl halides is 3. The molecule has 0 radical (unpaired) electrons. The average molecular weight is 345 g/mol. The second-order valence-corrected chi connectivity index (χ2v) is 5.55. The van der Waals surface area contributed by atoms with Crippen molar-refractivity contribution in [2.45, 2.75) is 11.2 Å². The predicted molar refractivity (Wildman–Crippen MR) is 78.0 cm³/mol. The van der Waals surface area contributed by atoms with E-state index in [1.54, 1.807) is 18.3 Å². The molecule has 0 aliphatic carbocycles. The van der Waals surface area contributed by atoms with Gasteiger partial charge in [0, 0.05) is 12.4 Å². The molecular formula is C13H8ClF3N4S. The minimum atomic E-state index is -4.50. The molecule has 0 unspecified atom stereocenters. The third-order valence-electron chi connectivity index (χ3n) is 2.99. The highest BCUT2D eigenvalue weighted by molar-refractivity contribution is 7.98. The molecule has 0 saturated heterocycles. The number of nitrogens with zero attached hydrogens (tertiary/aromatic N) is 4. The van der Waals surface area contributed by atoms with Gasteiger partial charge in [-0.25, -0.2) is 4.98 Å². The lowest BCUT2D eigenvalue weighted by Gasteiger charge is -2.09. The molecule has 0 bridgehead atoms. The Hall–Kier alpha value is -1.80. The molecule has 0 aliphatic heterocycles. The lowest BCUT2D eigenvalue weighted by Crippen LogP contribution is -2.07. The Bertz CT molecular complexity index is 847. The maximum absolute atomic E-state index is 13.0. The zero-order valence-electron chi connectivity index (χ0n) is 11.1. The Morgan fingerprint density at radius 3 is 2.73 bits per heavy atom. The smallest absolute Gasteiger partial charge is 0.280 e. The van der Waals surface area contributed by atoms with Crippen molar-refractivity contribution in [2.75, 3.05) is 6.26 Å². The SMILES string of the molecule is CSc1ncccc1-c1nnc2c(Cl)cc(C(F)(F)F)cn12. The van der Waals surface area contributed by atoms with Gasteiger partial charge in [-0.2, -0.15) is 13.2 Å². The molecule has 0 N–H and O–H groups in total. The van der Waals surface area contributed by atoms with Crippen LogP contribution < -0.4 is 0 Å². The molecule has 3 heterocycles. The van der Waals surface area contributed by atoms with Crippen LogP contribution in [0.1, 0.15) is 5.56 Å². The van der Waals surface area contributed by atoms with Crippen LogP contribution in [-0.4, -0.2) is 25.8 Å². The Labute approximate surface area is 132 Å². The van der Waals surface area contributed by atoms with Gasteiger partial charge in [0.15, 0.2) is 11.5 Å². The maximum atomic E-state index is 13.0. The molecule has 0 spiro atoms. The molecule has 4 nitrogen and oxygen atoms in total. The monoisotopic (exact) mass is 344 g/mol. The molecule has 0 atom stereocenters. The quantitative estimate of drug-likeness (QED) is 0.654. The summed E-state index contributed by atoms with van der Waals surface area (Å²) in [4.78, 5) is 4.18. The van der Waals surface area contributed by atoms with E-state index in [-0.39, 0.29) is 16.5 Å². The van der Waals surface area contributed by atoms with E-state index >= 15 is 0 Å². The van der Waals surface area contributed by atoms with Crippen LogP contribution in [0.15, 0.2) is 35.6 Å². The molecule has 3 rings (SSSR count). The van der Waals surface area contributed by atoms with Gasteiger partial charge < -0.3 is 0 Å². The minimum Gasteiger partial charge on any atom is -0.280 e. The number of aromatic nitrogens is 4. The van der Waals surface area contributed by atoms with Gasteiger partial charge in [0.25, 0.3) is 0 Å². The Morgan fingerprint density at radius 2 is 2.05 bits per heavy atom. The van der Waals surface area contributed by atoms with Gasteiger partial charge in [-0.3, -0.25) is 4.40 Å². The molecule has 0 amide bonds. The summed E-state index contributed by atoms with van der Waals surface area (Å²) >= 11 is 7.27. The van der Waals surface area contributed by atoms with E-state index in [1.807, 2.05) is 6.26 Å². The fourth-order valence-electron chi connectivity index (χ4n) is 2.02. The van der Waals surface area contributed by atoms with Gasteiger partial charge >= 0.3 is 6.18 Å². The van der Waals surface area contributed by atoms with E-state index in [9.17, 15) is 13.2 Å². The van der Waals surface area contributed by atoms with Crippen molar-refractivity contribution in [1.29, 1.82) is 0 Å². The average Bonchev–Trinajstić information content (AvgIpc) is 2.90. The number of rotatable bonds is 2. The fourth-order valence-corrected chi connectivity index (χ4v) is 2.81. The summed E-state index contributed by atoms with van der Waals surface area (Å²) in [6.07, 6.45) is -0.139. The highest BCUT2D eigenvalue weighted by atomic mass is 35.5. The van der Waals surface area contributed by atoms with Gasteiger partial charge in [-0.1, -0.05) is 11.6 Å². The molecule has 0 saturated carbocycles. The van der Waals surface area contributed by atoms with Crippen LogP contribution in [-0.2, 0) is 6.18 Å². The summed E-state index contributed by atoms with van der Waals surface area (Å²) in [7, 11) is 0. The van der Waals surface area contributed by atoms with E-state index < -0.39 is 11.7 Å². The summed E-state index contributed by atoms with van der Waals surface area (Å²) in [6, 6.07) is 4.25. The molecule has 114 valence electrons. The van der Waals surface area contributed by atoms with Crippen LogP contribution in [0, 0.1) is 0 Å². The van der Waals surface area contributed by atoms with Crippen molar-refractivity contribution >= 4 is 29.0 Å². The molecular weight excluding hydrogens is 337 g/mol. The zero-order chi connectivity index (χ0) is 15.9. The summed E-state index contributed by atoms with van der Waals surface area (Å²) < 4.78 is 40.1. The number of pyridine rings is 2. The van der Waals surface area contributed by atoms with Gasteiger partial charge in [-0.05, 0) is 24.5 Å². The third kappa shape index (κ3) is 2.52. The van der Waals surface area contributed by atoms with Gasteiger partial charge in [0.2, 0.25) is 0 Å². The summed E-state index contributed by atoms with van der Waals surface area (Å²) in [5.41, 5.74) is -0.0981. The standard InChI is InChI=1S/C13H8ClF3N4S/c1-22-12-8(3-2-4-18-12)10-19-20-11-9(14)5-7(6-21(10)11)13(15,16)17/h2-6H,1H3. The van der Waals surface area contributed by atoms with E-state index in [2.05, 4.69) is 15.2 Å². The molecule has 0 aliphatic rings. The van der Waals surface area contributed by atoms with E-state index in [4.69, 9.17) is 11.6 Å². The van der Waals surface area contributed by atoms with E-state index in [0.717, 1.165) is 12.3 Å². The number of hydrogen-bond donors (Lipinski definition) is 0. The van der Waals surface area contributed by atoms with Crippen molar-refractivity contribution in [2.24, 2.45) is 0 Å². The van der Waals surface area contributed by atoms with Gasteiger partial charge in [0.05, 0.1) is 16.1 Å². The van der Waals surface area contributed by atoms with Crippen molar-refractivity contribution in [1.82, 2.24) is 19.6 Å². The van der Waals surface area contributed by atoms with Crippen LogP contribution in [0.25, 0.3) is 17.0 Å². The van der Waals surface area contributed by atoms with Crippen molar-refractivity contribution in [3.05, 3.63) is 41.2 Å². The summed E-state index contributed by atoms with van der Waals surface area (Å²) in [6.45, 7) is 0. The number of halogens is 4. The van der Waals surface area contributed by atoms with Crippen LogP contribution in [0.4, 0.5) is 13.2 Å². The number of thioether (sulfide) groups is 1. The van der Waals surface area contributed by atoms with Crippen molar-refractivity contribution < 1.29 is 13.2 Å². The van der Waals surface area contributed by atoms with Crippen molar-refractivity contribution in [3.8, 4) is 11.4 Å². The molecule has 0 aromatic carbocycles. The largest absolute Gasteiger partial charge is 0.417 e. The van der Waals surface area contributed by atoms with Crippen LogP contribution >= 0.6 is 23.4 Å². The maximum Gasteiger partial charge on any atom is 0.417 e. The fraction of sp³-hybridized carbons (Fsp3) is 0.154. The molecule has 9 heteroatoms. The molecule has 3 aromatic heterocycles. The first-order valence-corrected chi connectivity index (χ1v) is 7.63. The Morgan fingerprint density at radius 1 is 1.27 bits per heavy atom. The van der Waals surface area contributed by atoms with Gasteiger partial charge in [-0.15, -0.1) is 22.0 Å². The normalized spacial score (nSPS) is 12.0. The summed E-state index contributed by atoms with van der Waals surface area (Å²) in [5.74, 6) is 0.264. The van der Waals surface area contributed by atoms with E-state index in [1.165, 1.54) is 16.2 Å². The lowest BCUT2D eigenvalue weighted by molar-refractivity contribution is -0.137. The van der Waals surface area contributed by atoms with Crippen LogP contribution in [0.2, 0.25) is 5.02 Å². The first kappa shape index (κ1) is 15.1. The first-order valence-electron chi connectivity index (χ1n) is 6.02. The lowest BCUT2D eigenvalue weighted by atomic mass is 10.2. The Balaban J connectivity index is 2.30. The highest BCUT2D eigenvalue weighted by Gasteiger charge is 2.32. The topological polar surface area (TPSA) is 43.1 Å². The number of fused-ring (bicyclic) bond motifs is 1. The molecule has 22 heavy (non-hydrogen) atoms. The second kappa shape index (κ2) is 5.44. The zero-order valence-corrected chi connectivity index (χ0v) is 12.7. The van der Waals surface area contributed by atoms with Gasteiger partial charge in [0.1, 0.15) is 5.03 Å². The number of hydrogen-bond acceptors (Lipinski definition) is 4. The predicted octanol–water partition coefficient (Wildman–Crippen LogP) is 4.19. The minimum absolute atomic E-state index is 0.108. The van der Waals surface area contributed by atoms with Crippen LogP contribution in [0.5, 0.6) is 0 Å². The Kier molecular flexibility index (Phi) is 3.73. The summed E-state index contributed by atoms with van der Waals surface area (Å²) in [5, 5.41) is 8.37.